The van der Waals surface area contributed by atoms with E-state index in [9.17, 15) is 5.11 Å². The Morgan fingerprint density at radius 1 is 1.45 bits per heavy atom. The molecule has 2 aromatic heterocycles. The van der Waals surface area contributed by atoms with Crippen LogP contribution in [-0.2, 0) is 4.74 Å². The van der Waals surface area contributed by atoms with E-state index in [0.717, 1.165) is 30.8 Å². The van der Waals surface area contributed by atoms with E-state index in [1.165, 1.54) is 0 Å². The third-order valence-electron chi connectivity index (χ3n) is 3.55. The lowest BCUT2D eigenvalue weighted by molar-refractivity contribution is 0.0875. The molecule has 118 valence electrons. The molecule has 0 aliphatic carbocycles. The first-order valence-electron chi connectivity index (χ1n) is 7.42. The van der Waals surface area contributed by atoms with Crippen LogP contribution < -0.4 is 10.6 Å². The van der Waals surface area contributed by atoms with Gasteiger partial charge in [0, 0.05) is 19.3 Å². The number of hydrogen-bond donors (Lipinski definition) is 3. The number of ether oxygens (including phenoxy) is 1. The van der Waals surface area contributed by atoms with Crippen molar-refractivity contribution in [3.05, 3.63) is 34.7 Å². The highest BCUT2D eigenvalue weighted by atomic mass is 32.1. The van der Waals surface area contributed by atoms with Crippen molar-refractivity contribution in [1.82, 2.24) is 9.97 Å². The number of thiophene rings is 1. The molecule has 3 heterocycles. The van der Waals surface area contributed by atoms with Gasteiger partial charge in [-0.25, -0.2) is 4.98 Å². The van der Waals surface area contributed by atoms with Crippen LogP contribution in [0.1, 0.15) is 24.5 Å². The van der Waals surface area contributed by atoms with Crippen molar-refractivity contribution in [3.63, 3.8) is 0 Å². The summed E-state index contributed by atoms with van der Waals surface area (Å²) in [6.07, 6.45) is 3.31. The molecule has 0 unspecified atom stereocenters. The van der Waals surface area contributed by atoms with Crippen LogP contribution in [0.25, 0.3) is 0 Å². The van der Waals surface area contributed by atoms with Gasteiger partial charge in [-0.1, -0.05) is 0 Å². The summed E-state index contributed by atoms with van der Waals surface area (Å²) < 4.78 is 5.45. The highest BCUT2D eigenvalue weighted by Crippen LogP contribution is 2.17. The van der Waals surface area contributed by atoms with Crippen LogP contribution in [-0.4, -0.2) is 40.9 Å². The zero-order valence-corrected chi connectivity index (χ0v) is 13.1. The molecular weight excluding hydrogens is 300 g/mol. The second-order valence-corrected chi connectivity index (χ2v) is 6.06. The smallest absolute Gasteiger partial charge is 0.224 e. The van der Waals surface area contributed by atoms with Crippen LogP contribution in [0, 0.1) is 0 Å². The first kappa shape index (κ1) is 15.2. The molecule has 2 atom stereocenters. The molecule has 3 rings (SSSR count). The lowest BCUT2D eigenvalue weighted by atomic mass is 10.1. The number of aromatic nitrogens is 2. The van der Waals surface area contributed by atoms with Crippen LogP contribution in [0.4, 0.5) is 11.8 Å². The Morgan fingerprint density at radius 3 is 3.18 bits per heavy atom. The van der Waals surface area contributed by atoms with Gasteiger partial charge >= 0.3 is 0 Å². The van der Waals surface area contributed by atoms with Crippen LogP contribution in [0.15, 0.2) is 29.1 Å². The third kappa shape index (κ3) is 4.16. The molecule has 0 aromatic carbocycles. The predicted octanol–water partition coefficient (Wildman–Crippen LogP) is 2.27. The summed E-state index contributed by atoms with van der Waals surface area (Å²) in [6, 6.07) is 4.06. The fraction of sp³-hybridized carbons (Fsp3) is 0.467. The Bertz CT molecular complexity index is 573. The molecule has 1 aliphatic heterocycles. The zero-order chi connectivity index (χ0) is 15.2. The molecule has 6 nitrogen and oxygen atoms in total. The average Bonchev–Trinajstić information content (AvgIpc) is 3.08. The number of aliphatic hydroxyl groups excluding tert-OH is 1. The Kier molecular flexibility index (Phi) is 5.20. The highest BCUT2D eigenvalue weighted by molar-refractivity contribution is 7.07. The van der Waals surface area contributed by atoms with Gasteiger partial charge in [0.15, 0.2) is 0 Å². The molecule has 7 heteroatoms. The van der Waals surface area contributed by atoms with Gasteiger partial charge in [-0.05, 0) is 41.3 Å². The Morgan fingerprint density at radius 2 is 2.41 bits per heavy atom. The maximum atomic E-state index is 10.1. The van der Waals surface area contributed by atoms with Gasteiger partial charge < -0.3 is 20.5 Å². The van der Waals surface area contributed by atoms with Gasteiger partial charge in [-0.15, -0.1) is 0 Å². The molecule has 22 heavy (non-hydrogen) atoms. The largest absolute Gasteiger partial charge is 0.387 e. The standard InChI is InChI=1S/C15H20N4O2S/c20-13(11-4-7-22-10-11)8-17-15-16-5-3-14(19-15)18-12-2-1-6-21-9-12/h3-5,7,10,12-13,20H,1-2,6,8-9H2,(H2,16,17,18,19)/t12-,13+/m1/s1. The van der Waals surface area contributed by atoms with E-state index < -0.39 is 6.10 Å². The van der Waals surface area contributed by atoms with Gasteiger partial charge in [0.05, 0.1) is 18.8 Å². The van der Waals surface area contributed by atoms with E-state index in [1.54, 1.807) is 17.5 Å². The number of anilines is 2. The molecule has 0 amide bonds. The predicted molar refractivity (Wildman–Crippen MR) is 87.3 cm³/mol. The summed E-state index contributed by atoms with van der Waals surface area (Å²) >= 11 is 1.57. The third-order valence-corrected chi connectivity index (χ3v) is 4.25. The summed E-state index contributed by atoms with van der Waals surface area (Å²) in [6.45, 7) is 1.94. The number of aliphatic hydroxyl groups is 1. The molecule has 2 aromatic rings. The number of hydrogen-bond acceptors (Lipinski definition) is 7. The van der Waals surface area contributed by atoms with Crippen LogP contribution >= 0.6 is 11.3 Å². The van der Waals surface area contributed by atoms with Gasteiger partial charge in [0.25, 0.3) is 0 Å². The molecule has 1 saturated heterocycles. The monoisotopic (exact) mass is 320 g/mol. The number of rotatable bonds is 6. The molecule has 1 aliphatic rings. The van der Waals surface area contributed by atoms with Gasteiger partial charge in [0.2, 0.25) is 5.95 Å². The van der Waals surface area contributed by atoms with Crippen molar-refractivity contribution in [2.45, 2.75) is 25.0 Å². The Balaban J connectivity index is 1.54. The SMILES string of the molecule is O[C@@H](CNc1nccc(N[C@@H]2CCCOC2)n1)c1ccsc1. The normalized spacial score (nSPS) is 19.6. The van der Waals surface area contributed by atoms with Crippen molar-refractivity contribution >= 4 is 23.1 Å². The van der Waals surface area contributed by atoms with Crippen LogP contribution in [0.5, 0.6) is 0 Å². The van der Waals surface area contributed by atoms with E-state index in [-0.39, 0.29) is 0 Å². The van der Waals surface area contributed by atoms with Crippen LogP contribution in [0.2, 0.25) is 0 Å². The summed E-state index contributed by atoms with van der Waals surface area (Å²) in [5.74, 6) is 1.29. The van der Waals surface area contributed by atoms with Crippen molar-refractivity contribution in [2.75, 3.05) is 30.4 Å². The minimum atomic E-state index is -0.557. The second kappa shape index (κ2) is 7.53. The van der Waals surface area contributed by atoms with Crippen molar-refractivity contribution in [2.24, 2.45) is 0 Å². The van der Waals surface area contributed by atoms with Crippen molar-refractivity contribution < 1.29 is 9.84 Å². The van der Waals surface area contributed by atoms with Crippen LogP contribution in [0.3, 0.4) is 0 Å². The van der Waals surface area contributed by atoms with E-state index >= 15 is 0 Å². The fourth-order valence-electron chi connectivity index (χ4n) is 2.36. The molecule has 3 N–H and O–H groups in total. The number of nitrogens with one attached hydrogen (secondary N) is 2. The first-order chi connectivity index (χ1) is 10.8. The Hall–Kier alpha value is -1.70. The van der Waals surface area contributed by atoms with Crippen molar-refractivity contribution in [3.8, 4) is 0 Å². The van der Waals surface area contributed by atoms with E-state index in [2.05, 4.69) is 20.6 Å². The maximum absolute atomic E-state index is 10.1. The summed E-state index contributed by atoms with van der Waals surface area (Å²) in [7, 11) is 0. The lowest BCUT2D eigenvalue weighted by Gasteiger charge is -2.23. The molecule has 0 spiro atoms. The molecule has 0 saturated carbocycles. The highest BCUT2D eigenvalue weighted by Gasteiger charge is 2.14. The maximum Gasteiger partial charge on any atom is 0.224 e. The number of nitrogens with zero attached hydrogens (tertiary/aromatic N) is 2. The fourth-order valence-corrected chi connectivity index (χ4v) is 3.07. The zero-order valence-electron chi connectivity index (χ0n) is 12.2. The average molecular weight is 320 g/mol. The van der Waals surface area contributed by atoms with Gasteiger partial charge in [0.1, 0.15) is 5.82 Å². The van der Waals surface area contributed by atoms with E-state index in [1.807, 2.05) is 22.9 Å². The lowest BCUT2D eigenvalue weighted by Crippen LogP contribution is -2.30. The quantitative estimate of drug-likeness (QED) is 0.758. The van der Waals surface area contributed by atoms with Gasteiger partial charge in [-0.3, -0.25) is 0 Å². The molecule has 0 radical (unpaired) electrons. The first-order valence-corrected chi connectivity index (χ1v) is 8.37. The second-order valence-electron chi connectivity index (χ2n) is 5.28. The van der Waals surface area contributed by atoms with E-state index in [0.29, 0.717) is 25.1 Å². The molecule has 1 fully saturated rings. The molecule has 0 bridgehead atoms. The van der Waals surface area contributed by atoms with Gasteiger partial charge in [-0.2, -0.15) is 16.3 Å². The van der Waals surface area contributed by atoms with Crippen molar-refractivity contribution in [1.29, 1.82) is 0 Å². The minimum absolute atomic E-state index is 0.299. The Labute approximate surface area is 133 Å². The molecular formula is C15H20N4O2S. The topological polar surface area (TPSA) is 79.3 Å². The summed E-state index contributed by atoms with van der Waals surface area (Å²) in [5, 5.41) is 20.4. The minimum Gasteiger partial charge on any atom is -0.387 e. The summed E-state index contributed by atoms with van der Waals surface area (Å²) in [5.41, 5.74) is 0.908. The summed E-state index contributed by atoms with van der Waals surface area (Å²) in [4.78, 5) is 8.61. The van der Waals surface area contributed by atoms with E-state index in [4.69, 9.17) is 4.74 Å².